The lowest BCUT2D eigenvalue weighted by Crippen LogP contribution is -2.41. The summed E-state index contributed by atoms with van der Waals surface area (Å²) in [4.78, 5) is 8.41. The molecule has 0 aliphatic heterocycles. The van der Waals surface area contributed by atoms with Crippen LogP contribution in [0.1, 0.15) is 0 Å². The Morgan fingerprint density at radius 2 is 1.75 bits per heavy atom. The van der Waals surface area contributed by atoms with Crippen LogP contribution >= 0.6 is 0 Å². The Kier molecular flexibility index (Phi) is 2.47. The van der Waals surface area contributed by atoms with Crippen molar-refractivity contribution in [1.82, 2.24) is 9.97 Å². The van der Waals surface area contributed by atoms with Crippen LogP contribution in [0.3, 0.4) is 0 Å². The number of methoxy groups -OCH3 is 1. The molecular weight excluding hydrogens is 168 g/mol. The molecule has 1 aromatic rings. The van der Waals surface area contributed by atoms with E-state index in [9.17, 15) is 0 Å². The second-order valence-electron chi connectivity index (χ2n) is 3.66. The molecule has 1 aromatic heterocycles. The van der Waals surface area contributed by atoms with Gasteiger partial charge in [-0.25, -0.2) is 4.98 Å². The Bertz CT molecular complexity index is 270. The summed E-state index contributed by atoms with van der Waals surface area (Å²) in [5.41, 5.74) is 0. The second kappa shape index (κ2) is 3.22. The van der Waals surface area contributed by atoms with Gasteiger partial charge in [0.2, 0.25) is 5.88 Å². The second-order valence-corrected chi connectivity index (χ2v) is 8.64. The topological polar surface area (TPSA) is 35.0 Å². The van der Waals surface area contributed by atoms with Gasteiger partial charge in [0.25, 0.3) is 0 Å². The summed E-state index contributed by atoms with van der Waals surface area (Å²) >= 11 is 0. The summed E-state index contributed by atoms with van der Waals surface area (Å²) in [5.74, 6) is 0.677. The van der Waals surface area contributed by atoms with E-state index in [-0.39, 0.29) is 0 Å². The highest BCUT2D eigenvalue weighted by Crippen LogP contribution is 2.07. The van der Waals surface area contributed by atoms with Crippen molar-refractivity contribution in [3.05, 3.63) is 12.4 Å². The van der Waals surface area contributed by atoms with E-state index >= 15 is 0 Å². The summed E-state index contributed by atoms with van der Waals surface area (Å²) in [7, 11) is 0.235. The highest BCUT2D eigenvalue weighted by atomic mass is 28.3. The number of nitrogens with zero attached hydrogens (tertiary/aromatic N) is 2. The first-order valence-electron chi connectivity index (χ1n) is 3.91. The fraction of sp³-hybridized carbons (Fsp3) is 0.500. The highest BCUT2D eigenvalue weighted by Gasteiger charge is 2.23. The van der Waals surface area contributed by atoms with E-state index in [1.54, 1.807) is 19.5 Å². The monoisotopic (exact) mass is 182 g/mol. The van der Waals surface area contributed by atoms with Gasteiger partial charge in [0.15, 0.2) is 0 Å². The lowest BCUT2D eigenvalue weighted by Gasteiger charge is -2.16. The predicted octanol–water partition coefficient (Wildman–Crippen LogP) is 1.03. The molecule has 0 spiro atoms. The third-order valence-corrected chi connectivity index (χ3v) is 3.33. The molecule has 0 aliphatic rings. The number of ether oxygens (including phenoxy) is 1. The molecule has 0 N–H and O–H groups in total. The summed E-state index contributed by atoms with van der Waals surface area (Å²) in [6.45, 7) is 6.67. The average molecular weight is 182 g/mol. The molecule has 0 atom stereocenters. The van der Waals surface area contributed by atoms with Gasteiger partial charge in [0.05, 0.1) is 12.4 Å². The van der Waals surface area contributed by atoms with Crippen LogP contribution in [0.2, 0.25) is 19.6 Å². The van der Waals surface area contributed by atoms with Crippen molar-refractivity contribution in [2.24, 2.45) is 0 Å². The van der Waals surface area contributed by atoms with Crippen LogP contribution in [0.4, 0.5) is 0 Å². The van der Waals surface area contributed by atoms with E-state index < -0.39 is 8.07 Å². The van der Waals surface area contributed by atoms with E-state index in [2.05, 4.69) is 29.6 Å². The Morgan fingerprint density at radius 1 is 1.17 bits per heavy atom. The summed E-state index contributed by atoms with van der Waals surface area (Å²) in [6.07, 6.45) is 3.37. The van der Waals surface area contributed by atoms with Crippen LogP contribution in [0.25, 0.3) is 0 Å². The van der Waals surface area contributed by atoms with Crippen LogP contribution in [0, 0.1) is 0 Å². The molecule has 0 saturated heterocycles. The van der Waals surface area contributed by atoms with Gasteiger partial charge in [-0.05, 0) is 0 Å². The standard InChI is InChI=1S/C8H14N2OSi/c1-11-7-8(12(2,3)4)10-6-5-9-7/h5-6H,1-4H3. The van der Waals surface area contributed by atoms with Gasteiger partial charge in [-0.15, -0.1) is 0 Å². The minimum absolute atomic E-state index is 0.677. The Balaban J connectivity index is 3.14. The molecule has 0 radical (unpaired) electrons. The molecule has 0 aromatic carbocycles. The molecule has 0 aliphatic carbocycles. The average Bonchev–Trinajstić information content (AvgIpc) is 2.03. The van der Waals surface area contributed by atoms with Gasteiger partial charge in [0, 0.05) is 12.4 Å². The van der Waals surface area contributed by atoms with Crippen LogP contribution < -0.4 is 10.1 Å². The summed E-state index contributed by atoms with van der Waals surface area (Å²) < 4.78 is 5.13. The highest BCUT2D eigenvalue weighted by molar-refractivity contribution is 6.88. The van der Waals surface area contributed by atoms with Crippen LogP contribution in [-0.2, 0) is 0 Å². The Morgan fingerprint density at radius 3 is 2.17 bits per heavy atom. The molecule has 66 valence electrons. The molecule has 3 nitrogen and oxygen atoms in total. The summed E-state index contributed by atoms with van der Waals surface area (Å²) in [5, 5.41) is 1.03. The first kappa shape index (κ1) is 9.19. The maximum atomic E-state index is 5.13. The normalized spacial score (nSPS) is 11.3. The lowest BCUT2D eigenvalue weighted by atomic mass is 10.7. The number of aromatic nitrogens is 2. The zero-order valence-electron chi connectivity index (χ0n) is 7.96. The number of rotatable bonds is 2. The molecule has 0 saturated carbocycles. The SMILES string of the molecule is COc1nccnc1[Si](C)(C)C. The quantitative estimate of drug-likeness (QED) is 0.641. The summed E-state index contributed by atoms with van der Waals surface area (Å²) in [6, 6.07) is 0. The lowest BCUT2D eigenvalue weighted by molar-refractivity contribution is 0.399. The van der Waals surface area contributed by atoms with Gasteiger partial charge in [0.1, 0.15) is 8.07 Å². The largest absolute Gasteiger partial charge is 0.480 e. The van der Waals surface area contributed by atoms with Gasteiger partial charge in [-0.1, -0.05) is 19.6 Å². The van der Waals surface area contributed by atoms with E-state index in [4.69, 9.17) is 4.74 Å². The van der Waals surface area contributed by atoms with Gasteiger partial charge < -0.3 is 4.74 Å². The minimum atomic E-state index is -1.40. The Labute approximate surface area is 73.8 Å². The molecular formula is C8H14N2OSi. The molecule has 1 heterocycles. The smallest absolute Gasteiger partial charge is 0.230 e. The van der Waals surface area contributed by atoms with E-state index in [1.165, 1.54) is 0 Å². The molecule has 4 heteroatoms. The van der Waals surface area contributed by atoms with Crippen molar-refractivity contribution in [3.8, 4) is 5.88 Å². The van der Waals surface area contributed by atoms with Crippen LogP contribution in [-0.4, -0.2) is 25.2 Å². The molecule has 0 fully saturated rings. The number of hydrogen-bond donors (Lipinski definition) is 0. The van der Waals surface area contributed by atoms with Crippen molar-refractivity contribution in [3.63, 3.8) is 0 Å². The predicted molar refractivity (Wildman–Crippen MR) is 51.6 cm³/mol. The molecule has 1 rings (SSSR count). The fourth-order valence-corrected chi connectivity index (χ4v) is 2.26. The Hall–Kier alpha value is -0.903. The maximum absolute atomic E-state index is 5.13. The van der Waals surface area contributed by atoms with E-state index in [0.29, 0.717) is 5.88 Å². The van der Waals surface area contributed by atoms with E-state index in [1.807, 2.05) is 0 Å². The van der Waals surface area contributed by atoms with Crippen molar-refractivity contribution in [2.75, 3.05) is 7.11 Å². The third-order valence-electron chi connectivity index (χ3n) is 1.57. The van der Waals surface area contributed by atoms with Crippen LogP contribution in [0.5, 0.6) is 5.88 Å². The molecule has 0 unspecified atom stereocenters. The van der Waals surface area contributed by atoms with Crippen LogP contribution in [0.15, 0.2) is 12.4 Å². The first-order chi connectivity index (χ1) is 5.55. The van der Waals surface area contributed by atoms with E-state index in [0.717, 1.165) is 5.32 Å². The maximum Gasteiger partial charge on any atom is 0.230 e. The molecule has 0 amide bonds. The van der Waals surface area contributed by atoms with Gasteiger partial charge in [-0.2, -0.15) is 0 Å². The van der Waals surface area contributed by atoms with Crippen molar-refractivity contribution in [2.45, 2.75) is 19.6 Å². The fourth-order valence-electron chi connectivity index (χ4n) is 0.989. The minimum Gasteiger partial charge on any atom is -0.480 e. The van der Waals surface area contributed by atoms with Crippen molar-refractivity contribution in [1.29, 1.82) is 0 Å². The zero-order chi connectivity index (χ0) is 9.19. The third kappa shape index (κ3) is 1.82. The molecule has 0 bridgehead atoms. The van der Waals surface area contributed by atoms with Gasteiger partial charge in [-0.3, -0.25) is 4.98 Å². The first-order valence-corrected chi connectivity index (χ1v) is 7.41. The van der Waals surface area contributed by atoms with Crippen molar-refractivity contribution >= 4 is 13.4 Å². The van der Waals surface area contributed by atoms with Gasteiger partial charge >= 0.3 is 0 Å². The molecule has 12 heavy (non-hydrogen) atoms. The number of hydrogen-bond acceptors (Lipinski definition) is 3. The van der Waals surface area contributed by atoms with Crippen molar-refractivity contribution < 1.29 is 4.74 Å². The zero-order valence-corrected chi connectivity index (χ0v) is 8.96.